The monoisotopic (exact) mass is 328 g/mol. The number of aliphatic hydroxyl groups is 5. The molecule has 132 valence electrons. The first-order chi connectivity index (χ1) is 11.1. The molecule has 0 aliphatic carbocycles. The standard InChI is InChI=1S/C17H28O6/c18-11-14(19)16(21)17(22)15(20)12-23-10-6-2-5-9-13-7-3-1-4-8-13/h1,3-4,7-8,14-22H,2,5-6,9-12H2/t14-,15-,16-,17-/m1/s1. The van der Waals surface area contributed by atoms with Crippen LogP contribution in [0.4, 0.5) is 0 Å². The molecule has 1 aromatic carbocycles. The summed E-state index contributed by atoms with van der Waals surface area (Å²) in [5.41, 5.74) is 1.31. The SMILES string of the molecule is OC[C@@H](O)[C@@H](O)[C@H](O)[C@H](O)COCCCCCc1ccccc1. The number of aryl methyl sites for hydroxylation is 1. The van der Waals surface area contributed by atoms with Gasteiger partial charge in [0.05, 0.1) is 13.2 Å². The molecular formula is C17H28O6. The number of hydrogen-bond donors (Lipinski definition) is 5. The highest BCUT2D eigenvalue weighted by molar-refractivity contribution is 5.14. The fraction of sp³-hybridized carbons (Fsp3) is 0.647. The van der Waals surface area contributed by atoms with Crippen molar-refractivity contribution in [2.75, 3.05) is 19.8 Å². The molecule has 1 rings (SSSR count). The second-order valence-electron chi connectivity index (χ2n) is 5.67. The summed E-state index contributed by atoms with van der Waals surface area (Å²) in [4.78, 5) is 0. The zero-order chi connectivity index (χ0) is 17.1. The normalized spacial score (nSPS) is 16.7. The quantitative estimate of drug-likeness (QED) is 0.341. The molecule has 6 nitrogen and oxygen atoms in total. The van der Waals surface area contributed by atoms with E-state index in [0.717, 1.165) is 25.7 Å². The van der Waals surface area contributed by atoms with Gasteiger partial charge in [0.2, 0.25) is 0 Å². The van der Waals surface area contributed by atoms with Gasteiger partial charge in [0.15, 0.2) is 0 Å². The van der Waals surface area contributed by atoms with Gasteiger partial charge < -0.3 is 30.3 Å². The summed E-state index contributed by atoms with van der Waals surface area (Å²) in [5.74, 6) is 0. The average molecular weight is 328 g/mol. The van der Waals surface area contributed by atoms with Gasteiger partial charge in [-0.05, 0) is 24.8 Å². The van der Waals surface area contributed by atoms with Crippen LogP contribution in [0.3, 0.4) is 0 Å². The maximum atomic E-state index is 9.66. The molecule has 0 unspecified atom stereocenters. The largest absolute Gasteiger partial charge is 0.394 e. The number of benzene rings is 1. The van der Waals surface area contributed by atoms with Crippen molar-refractivity contribution < 1.29 is 30.3 Å². The van der Waals surface area contributed by atoms with Gasteiger partial charge in [-0.1, -0.05) is 36.8 Å². The highest BCUT2D eigenvalue weighted by Crippen LogP contribution is 2.08. The molecule has 5 N–H and O–H groups in total. The van der Waals surface area contributed by atoms with E-state index in [1.54, 1.807) is 0 Å². The lowest BCUT2D eigenvalue weighted by atomic mass is 10.0. The van der Waals surface area contributed by atoms with Crippen LogP contribution in [0.2, 0.25) is 0 Å². The molecule has 0 heterocycles. The van der Waals surface area contributed by atoms with E-state index in [4.69, 9.17) is 9.84 Å². The molecular weight excluding hydrogens is 300 g/mol. The Kier molecular flexibility index (Phi) is 10.0. The first-order valence-corrected chi connectivity index (χ1v) is 8.01. The van der Waals surface area contributed by atoms with Crippen LogP contribution in [0.1, 0.15) is 24.8 Å². The lowest BCUT2D eigenvalue weighted by Crippen LogP contribution is -2.47. The Hall–Kier alpha value is -1.02. The number of unbranched alkanes of at least 4 members (excludes halogenated alkanes) is 2. The van der Waals surface area contributed by atoms with Gasteiger partial charge in [0.1, 0.15) is 24.4 Å². The van der Waals surface area contributed by atoms with E-state index in [-0.39, 0.29) is 6.61 Å². The van der Waals surface area contributed by atoms with E-state index in [2.05, 4.69) is 12.1 Å². The Morgan fingerprint density at radius 1 is 0.826 bits per heavy atom. The third kappa shape index (κ3) is 7.87. The molecule has 0 aliphatic rings. The number of rotatable bonds is 12. The molecule has 4 atom stereocenters. The summed E-state index contributed by atoms with van der Waals surface area (Å²) in [6.45, 7) is -0.362. The smallest absolute Gasteiger partial charge is 0.111 e. The van der Waals surface area contributed by atoms with E-state index < -0.39 is 31.0 Å². The van der Waals surface area contributed by atoms with Gasteiger partial charge in [-0.15, -0.1) is 0 Å². The van der Waals surface area contributed by atoms with E-state index in [0.29, 0.717) is 6.61 Å². The predicted octanol–water partition coefficient (Wildman–Crippen LogP) is -0.148. The van der Waals surface area contributed by atoms with E-state index in [9.17, 15) is 20.4 Å². The van der Waals surface area contributed by atoms with E-state index in [1.807, 2.05) is 18.2 Å². The molecule has 0 amide bonds. The van der Waals surface area contributed by atoms with Gasteiger partial charge in [-0.3, -0.25) is 0 Å². The Bertz CT molecular complexity index is 399. The zero-order valence-electron chi connectivity index (χ0n) is 13.3. The van der Waals surface area contributed by atoms with Crippen LogP contribution in [0.5, 0.6) is 0 Å². The van der Waals surface area contributed by atoms with Crippen LogP contribution in [0.25, 0.3) is 0 Å². The molecule has 0 aliphatic heterocycles. The number of hydrogen-bond acceptors (Lipinski definition) is 6. The zero-order valence-corrected chi connectivity index (χ0v) is 13.3. The van der Waals surface area contributed by atoms with Crippen molar-refractivity contribution in [3.63, 3.8) is 0 Å². The third-order valence-electron chi connectivity index (χ3n) is 3.71. The van der Waals surface area contributed by atoms with Crippen molar-refractivity contribution in [2.45, 2.75) is 50.1 Å². The minimum absolute atomic E-state index is 0.130. The summed E-state index contributed by atoms with van der Waals surface area (Å²) in [7, 11) is 0. The molecule has 0 saturated carbocycles. The summed E-state index contributed by atoms with van der Waals surface area (Å²) in [5, 5.41) is 46.6. The van der Waals surface area contributed by atoms with Gasteiger partial charge in [-0.2, -0.15) is 0 Å². The maximum absolute atomic E-state index is 9.66. The Balaban J connectivity index is 2.05. The third-order valence-corrected chi connectivity index (χ3v) is 3.71. The fourth-order valence-electron chi connectivity index (χ4n) is 2.22. The topological polar surface area (TPSA) is 110 Å². The second kappa shape index (κ2) is 11.5. The molecule has 0 spiro atoms. The van der Waals surface area contributed by atoms with Gasteiger partial charge in [0.25, 0.3) is 0 Å². The summed E-state index contributed by atoms with van der Waals surface area (Å²) in [6, 6.07) is 10.2. The van der Waals surface area contributed by atoms with Crippen molar-refractivity contribution in [3.8, 4) is 0 Å². The van der Waals surface area contributed by atoms with E-state index in [1.165, 1.54) is 5.56 Å². The molecule has 0 fully saturated rings. The van der Waals surface area contributed by atoms with Crippen molar-refractivity contribution in [1.82, 2.24) is 0 Å². The van der Waals surface area contributed by atoms with Crippen LogP contribution >= 0.6 is 0 Å². The molecule has 23 heavy (non-hydrogen) atoms. The molecule has 0 bridgehead atoms. The first kappa shape index (κ1) is 20.0. The summed E-state index contributed by atoms with van der Waals surface area (Å²) in [6.07, 6.45) is -2.04. The summed E-state index contributed by atoms with van der Waals surface area (Å²) < 4.78 is 5.27. The number of aliphatic hydroxyl groups excluding tert-OH is 5. The summed E-state index contributed by atoms with van der Waals surface area (Å²) >= 11 is 0. The predicted molar refractivity (Wildman–Crippen MR) is 85.9 cm³/mol. The molecule has 6 heteroatoms. The lowest BCUT2D eigenvalue weighted by Gasteiger charge is -2.25. The first-order valence-electron chi connectivity index (χ1n) is 8.01. The minimum Gasteiger partial charge on any atom is -0.394 e. The van der Waals surface area contributed by atoms with Crippen molar-refractivity contribution in [3.05, 3.63) is 35.9 Å². The second-order valence-corrected chi connectivity index (χ2v) is 5.67. The van der Waals surface area contributed by atoms with Crippen LogP contribution in [-0.2, 0) is 11.2 Å². The highest BCUT2D eigenvalue weighted by atomic mass is 16.5. The number of ether oxygens (including phenoxy) is 1. The molecule has 1 aromatic rings. The molecule has 0 aromatic heterocycles. The van der Waals surface area contributed by atoms with E-state index >= 15 is 0 Å². The Morgan fingerprint density at radius 2 is 1.48 bits per heavy atom. The van der Waals surface area contributed by atoms with Crippen molar-refractivity contribution >= 4 is 0 Å². The van der Waals surface area contributed by atoms with Gasteiger partial charge in [-0.25, -0.2) is 0 Å². The van der Waals surface area contributed by atoms with Crippen LogP contribution < -0.4 is 0 Å². The fourth-order valence-corrected chi connectivity index (χ4v) is 2.22. The van der Waals surface area contributed by atoms with Crippen LogP contribution in [0.15, 0.2) is 30.3 Å². The maximum Gasteiger partial charge on any atom is 0.111 e. The van der Waals surface area contributed by atoms with Gasteiger partial charge in [0, 0.05) is 6.61 Å². The van der Waals surface area contributed by atoms with Crippen LogP contribution in [-0.4, -0.2) is 69.8 Å². The average Bonchev–Trinajstić information content (AvgIpc) is 2.59. The van der Waals surface area contributed by atoms with Gasteiger partial charge >= 0.3 is 0 Å². The van der Waals surface area contributed by atoms with Crippen molar-refractivity contribution in [1.29, 1.82) is 0 Å². The Morgan fingerprint density at radius 3 is 2.13 bits per heavy atom. The minimum atomic E-state index is -1.61. The molecule has 0 saturated heterocycles. The highest BCUT2D eigenvalue weighted by Gasteiger charge is 2.29. The molecule has 0 radical (unpaired) electrons. The lowest BCUT2D eigenvalue weighted by molar-refractivity contribution is -0.129. The van der Waals surface area contributed by atoms with Crippen LogP contribution in [0, 0.1) is 0 Å². The van der Waals surface area contributed by atoms with Crippen molar-refractivity contribution in [2.24, 2.45) is 0 Å². The Labute approximate surface area is 137 Å².